The third-order valence-corrected chi connectivity index (χ3v) is 3.19. The molecule has 3 heteroatoms. The van der Waals surface area contributed by atoms with E-state index in [1.807, 2.05) is 31.2 Å². The molecule has 2 aromatic rings. The Labute approximate surface area is 112 Å². The van der Waals surface area contributed by atoms with Crippen LogP contribution < -0.4 is 5.73 Å². The summed E-state index contributed by atoms with van der Waals surface area (Å²) in [6.45, 7) is 2.20. The molecule has 2 rings (SSSR count). The second kappa shape index (κ2) is 5.76. The molecule has 0 atom stereocenters. The standard InChI is InChI=1S/C16H16FNO/c1-11-6-7-14(17)9-15(11)16(19)8-12-4-2-3-5-13(12)10-18/h2-7,9H,8,10,18H2,1H3. The maximum atomic E-state index is 13.2. The van der Waals surface area contributed by atoms with Gasteiger partial charge in [-0.2, -0.15) is 0 Å². The Morgan fingerprint density at radius 3 is 2.53 bits per heavy atom. The van der Waals surface area contributed by atoms with Gasteiger partial charge in [0.15, 0.2) is 5.78 Å². The third-order valence-electron chi connectivity index (χ3n) is 3.19. The highest BCUT2D eigenvalue weighted by Crippen LogP contribution is 2.16. The Balaban J connectivity index is 2.28. The highest BCUT2D eigenvalue weighted by molar-refractivity contribution is 5.98. The maximum Gasteiger partial charge on any atom is 0.167 e. The Hall–Kier alpha value is -2.00. The number of aryl methyl sites for hydroxylation is 1. The SMILES string of the molecule is Cc1ccc(F)cc1C(=O)Cc1ccccc1CN. The van der Waals surface area contributed by atoms with Crippen LogP contribution in [0.4, 0.5) is 4.39 Å². The average Bonchev–Trinajstić information content (AvgIpc) is 2.42. The molecule has 0 bridgehead atoms. The molecule has 0 saturated heterocycles. The van der Waals surface area contributed by atoms with Crippen molar-refractivity contribution < 1.29 is 9.18 Å². The summed E-state index contributed by atoms with van der Waals surface area (Å²) >= 11 is 0. The fraction of sp³-hybridized carbons (Fsp3) is 0.188. The molecule has 0 fully saturated rings. The normalized spacial score (nSPS) is 10.5. The van der Waals surface area contributed by atoms with Crippen molar-refractivity contribution in [3.63, 3.8) is 0 Å². The van der Waals surface area contributed by atoms with Crippen LogP contribution in [0, 0.1) is 12.7 Å². The Kier molecular flexibility index (Phi) is 4.07. The van der Waals surface area contributed by atoms with E-state index in [-0.39, 0.29) is 18.0 Å². The van der Waals surface area contributed by atoms with E-state index in [9.17, 15) is 9.18 Å². The van der Waals surface area contributed by atoms with Crippen molar-refractivity contribution in [1.82, 2.24) is 0 Å². The van der Waals surface area contributed by atoms with Crippen molar-refractivity contribution >= 4 is 5.78 Å². The van der Waals surface area contributed by atoms with Crippen LogP contribution in [0.5, 0.6) is 0 Å². The van der Waals surface area contributed by atoms with Crippen molar-refractivity contribution in [2.24, 2.45) is 5.73 Å². The zero-order valence-electron chi connectivity index (χ0n) is 10.8. The zero-order chi connectivity index (χ0) is 13.8. The number of benzene rings is 2. The molecule has 19 heavy (non-hydrogen) atoms. The van der Waals surface area contributed by atoms with Gasteiger partial charge in [-0.05, 0) is 35.7 Å². The molecule has 0 aliphatic rings. The fourth-order valence-corrected chi connectivity index (χ4v) is 2.09. The summed E-state index contributed by atoms with van der Waals surface area (Å²) in [4.78, 5) is 12.2. The zero-order valence-corrected chi connectivity index (χ0v) is 10.8. The molecule has 0 spiro atoms. The van der Waals surface area contributed by atoms with Crippen LogP contribution in [0.3, 0.4) is 0 Å². The van der Waals surface area contributed by atoms with Gasteiger partial charge in [-0.25, -0.2) is 4.39 Å². The Morgan fingerprint density at radius 1 is 1.16 bits per heavy atom. The van der Waals surface area contributed by atoms with Crippen molar-refractivity contribution in [3.8, 4) is 0 Å². The summed E-state index contributed by atoms with van der Waals surface area (Å²) in [6.07, 6.45) is 0.248. The Bertz CT molecular complexity index is 607. The van der Waals surface area contributed by atoms with E-state index in [0.29, 0.717) is 12.1 Å². The Morgan fingerprint density at radius 2 is 1.84 bits per heavy atom. The van der Waals surface area contributed by atoms with Crippen LogP contribution in [0.1, 0.15) is 27.0 Å². The lowest BCUT2D eigenvalue weighted by Gasteiger charge is -2.08. The minimum atomic E-state index is -0.388. The van der Waals surface area contributed by atoms with E-state index < -0.39 is 0 Å². The highest BCUT2D eigenvalue weighted by Gasteiger charge is 2.12. The molecular weight excluding hydrogens is 241 g/mol. The summed E-state index contributed by atoms with van der Waals surface area (Å²) in [6, 6.07) is 11.8. The van der Waals surface area contributed by atoms with Crippen molar-refractivity contribution in [3.05, 3.63) is 70.5 Å². The van der Waals surface area contributed by atoms with Gasteiger partial charge in [0.1, 0.15) is 5.82 Å². The molecule has 0 unspecified atom stereocenters. The van der Waals surface area contributed by atoms with Crippen LogP contribution >= 0.6 is 0 Å². The monoisotopic (exact) mass is 257 g/mol. The summed E-state index contributed by atoms with van der Waals surface area (Å²) in [5.74, 6) is -0.473. The molecule has 0 amide bonds. The van der Waals surface area contributed by atoms with E-state index in [2.05, 4.69) is 0 Å². The molecule has 2 aromatic carbocycles. The summed E-state index contributed by atoms with van der Waals surface area (Å²) < 4.78 is 13.2. The number of Topliss-reactive ketones (excluding diaryl/α,β-unsaturated/α-hetero) is 1. The second-order valence-corrected chi connectivity index (χ2v) is 4.53. The number of hydrogen-bond donors (Lipinski definition) is 1. The minimum Gasteiger partial charge on any atom is -0.326 e. The lowest BCUT2D eigenvalue weighted by atomic mass is 9.96. The van der Waals surface area contributed by atoms with Gasteiger partial charge in [0, 0.05) is 18.5 Å². The van der Waals surface area contributed by atoms with Crippen LogP contribution in [0.15, 0.2) is 42.5 Å². The lowest BCUT2D eigenvalue weighted by molar-refractivity contribution is 0.0991. The molecule has 0 saturated carbocycles. The molecule has 98 valence electrons. The van der Waals surface area contributed by atoms with E-state index in [4.69, 9.17) is 5.73 Å². The third kappa shape index (κ3) is 3.06. The van der Waals surface area contributed by atoms with Gasteiger partial charge < -0.3 is 5.73 Å². The van der Waals surface area contributed by atoms with Crippen molar-refractivity contribution in [2.75, 3.05) is 0 Å². The topological polar surface area (TPSA) is 43.1 Å². The average molecular weight is 257 g/mol. The largest absolute Gasteiger partial charge is 0.326 e. The minimum absolute atomic E-state index is 0.0853. The highest BCUT2D eigenvalue weighted by atomic mass is 19.1. The molecule has 2 N–H and O–H groups in total. The van der Waals surface area contributed by atoms with E-state index in [1.54, 1.807) is 6.07 Å². The quantitative estimate of drug-likeness (QED) is 0.855. The molecule has 0 aliphatic carbocycles. The van der Waals surface area contributed by atoms with Crippen LogP contribution in [0.2, 0.25) is 0 Å². The summed E-state index contributed by atoms with van der Waals surface area (Å²) in [5, 5.41) is 0. The first-order chi connectivity index (χ1) is 9.11. The van der Waals surface area contributed by atoms with Crippen molar-refractivity contribution in [2.45, 2.75) is 19.9 Å². The molecule has 0 aromatic heterocycles. The van der Waals surface area contributed by atoms with Gasteiger partial charge in [-0.1, -0.05) is 30.3 Å². The first-order valence-electron chi connectivity index (χ1n) is 6.18. The van der Waals surface area contributed by atoms with Gasteiger partial charge in [0.25, 0.3) is 0 Å². The van der Waals surface area contributed by atoms with E-state index in [0.717, 1.165) is 16.7 Å². The fourth-order valence-electron chi connectivity index (χ4n) is 2.09. The van der Waals surface area contributed by atoms with Gasteiger partial charge in [0.05, 0.1) is 0 Å². The number of carbonyl (C=O) groups is 1. The molecule has 0 aliphatic heterocycles. The van der Waals surface area contributed by atoms with E-state index >= 15 is 0 Å². The number of carbonyl (C=O) groups excluding carboxylic acids is 1. The van der Waals surface area contributed by atoms with Gasteiger partial charge in [0.2, 0.25) is 0 Å². The maximum absolute atomic E-state index is 13.2. The number of nitrogens with two attached hydrogens (primary N) is 1. The smallest absolute Gasteiger partial charge is 0.167 e. The molecule has 2 nitrogen and oxygen atoms in total. The lowest BCUT2D eigenvalue weighted by Crippen LogP contribution is -2.09. The van der Waals surface area contributed by atoms with Gasteiger partial charge in [-0.15, -0.1) is 0 Å². The number of ketones is 1. The molecule has 0 heterocycles. The predicted molar refractivity (Wildman–Crippen MR) is 73.5 cm³/mol. The summed E-state index contributed by atoms with van der Waals surface area (Å²) in [7, 11) is 0. The van der Waals surface area contributed by atoms with Crippen molar-refractivity contribution in [1.29, 1.82) is 0 Å². The van der Waals surface area contributed by atoms with Gasteiger partial charge >= 0.3 is 0 Å². The number of halogens is 1. The first-order valence-corrected chi connectivity index (χ1v) is 6.18. The first kappa shape index (κ1) is 13.4. The van der Waals surface area contributed by atoms with E-state index in [1.165, 1.54) is 12.1 Å². The van der Waals surface area contributed by atoms with Gasteiger partial charge in [-0.3, -0.25) is 4.79 Å². The van der Waals surface area contributed by atoms with Crippen LogP contribution in [-0.4, -0.2) is 5.78 Å². The number of rotatable bonds is 4. The second-order valence-electron chi connectivity index (χ2n) is 4.53. The summed E-state index contributed by atoms with van der Waals surface area (Å²) in [5.41, 5.74) is 8.72. The molecular formula is C16H16FNO. The molecule has 0 radical (unpaired) electrons. The van der Waals surface area contributed by atoms with Crippen LogP contribution in [0.25, 0.3) is 0 Å². The number of hydrogen-bond acceptors (Lipinski definition) is 2. The predicted octanol–water partition coefficient (Wildman–Crippen LogP) is 3.02. The van der Waals surface area contributed by atoms with Crippen LogP contribution in [-0.2, 0) is 13.0 Å².